The summed E-state index contributed by atoms with van der Waals surface area (Å²) in [5, 5.41) is 0.806. The zero-order valence-electron chi connectivity index (χ0n) is 10.8. The van der Waals surface area contributed by atoms with Crippen molar-refractivity contribution in [3.05, 3.63) is 63.2 Å². The lowest BCUT2D eigenvalue weighted by Gasteiger charge is -2.07. The van der Waals surface area contributed by atoms with Crippen LogP contribution < -0.4 is 4.74 Å². The number of hydrogen-bond acceptors (Lipinski definition) is 3. The second-order valence-corrected chi connectivity index (χ2v) is 6.20. The summed E-state index contributed by atoms with van der Waals surface area (Å²) in [6.07, 6.45) is 1.48. The van der Waals surface area contributed by atoms with Gasteiger partial charge in [-0.05, 0) is 40.2 Å². The van der Waals surface area contributed by atoms with Crippen LogP contribution in [0.1, 0.15) is 10.4 Å². The Balaban J connectivity index is 1.77. The third-order valence-corrected chi connectivity index (χ3v) is 4.15. The predicted molar refractivity (Wildman–Crippen MR) is 87.9 cm³/mol. The lowest BCUT2D eigenvalue weighted by atomic mass is 10.1. The molecule has 2 aromatic carbocycles. The van der Waals surface area contributed by atoms with E-state index >= 15 is 0 Å². The van der Waals surface area contributed by atoms with Gasteiger partial charge in [-0.25, -0.2) is 0 Å². The van der Waals surface area contributed by atoms with Crippen LogP contribution in [0.25, 0.3) is 11.0 Å². The molecule has 1 aromatic heterocycles. The van der Waals surface area contributed by atoms with E-state index in [1.54, 1.807) is 6.07 Å². The van der Waals surface area contributed by atoms with E-state index < -0.39 is 0 Å². The molecule has 0 N–H and O–H groups in total. The van der Waals surface area contributed by atoms with E-state index in [4.69, 9.17) is 9.15 Å². The van der Waals surface area contributed by atoms with E-state index in [0.29, 0.717) is 16.9 Å². The Bertz CT molecular complexity index is 808. The van der Waals surface area contributed by atoms with Gasteiger partial charge in [-0.3, -0.25) is 4.79 Å². The molecule has 0 radical (unpaired) electrons. The quantitative estimate of drug-likeness (QED) is 0.554. The number of para-hydroxylation sites is 1. The summed E-state index contributed by atoms with van der Waals surface area (Å²) in [7, 11) is 0. The van der Waals surface area contributed by atoms with Gasteiger partial charge in [0.1, 0.15) is 17.6 Å². The summed E-state index contributed by atoms with van der Waals surface area (Å²) in [4.78, 5) is 12.3. The highest BCUT2D eigenvalue weighted by molar-refractivity contribution is 9.11. The molecule has 0 amide bonds. The van der Waals surface area contributed by atoms with Crippen molar-refractivity contribution in [2.24, 2.45) is 0 Å². The molecule has 0 atom stereocenters. The van der Waals surface area contributed by atoms with Gasteiger partial charge in [0, 0.05) is 9.86 Å². The van der Waals surface area contributed by atoms with Gasteiger partial charge in [0.05, 0.1) is 10.0 Å². The molecule has 5 heteroatoms. The number of benzene rings is 2. The summed E-state index contributed by atoms with van der Waals surface area (Å²) in [6.45, 7) is -0.0379. The zero-order valence-corrected chi connectivity index (χ0v) is 14.0. The van der Waals surface area contributed by atoms with Crippen molar-refractivity contribution < 1.29 is 13.9 Å². The van der Waals surface area contributed by atoms with Crippen molar-refractivity contribution in [3.63, 3.8) is 0 Å². The third kappa shape index (κ3) is 3.04. The first-order valence-corrected chi connectivity index (χ1v) is 7.81. The number of carbonyl (C=O) groups is 1. The molecule has 106 valence electrons. The van der Waals surface area contributed by atoms with Gasteiger partial charge >= 0.3 is 0 Å². The van der Waals surface area contributed by atoms with E-state index in [2.05, 4.69) is 31.9 Å². The lowest BCUT2D eigenvalue weighted by Crippen LogP contribution is -2.11. The first-order chi connectivity index (χ1) is 10.1. The molecule has 0 bridgehead atoms. The molecule has 0 aliphatic heterocycles. The van der Waals surface area contributed by atoms with Crippen LogP contribution in [0.15, 0.2) is 62.1 Å². The van der Waals surface area contributed by atoms with E-state index in [1.165, 1.54) is 6.26 Å². The maximum absolute atomic E-state index is 12.3. The molecule has 0 saturated heterocycles. The van der Waals surface area contributed by atoms with Crippen LogP contribution in [0.3, 0.4) is 0 Å². The van der Waals surface area contributed by atoms with Gasteiger partial charge in [0.15, 0.2) is 6.61 Å². The van der Waals surface area contributed by atoms with Crippen molar-refractivity contribution in [3.8, 4) is 5.75 Å². The fraction of sp³-hybridized carbons (Fsp3) is 0.0625. The minimum atomic E-state index is -0.116. The average molecular weight is 410 g/mol. The topological polar surface area (TPSA) is 39.4 Å². The Morgan fingerprint density at radius 2 is 1.95 bits per heavy atom. The molecule has 0 saturated carbocycles. The maximum Gasteiger partial charge on any atom is 0.204 e. The smallest absolute Gasteiger partial charge is 0.204 e. The number of ketones is 1. The first-order valence-electron chi connectivity index (χ1n) is 6.22. The van der Waals surface area contributed by atoms with Crippen LogP contribution >= 0.6 is 31.9 Å². The number of rotatable bonds is 4. The van der Waals surface area contributed by atoms with Crippen molar-refractivity contribution >= 4 is 48.6 Å². The van der Waals surface area contributed by atoms with Gasteiger partial charge < -0.3 is 9.15 Å². The Kier molecular flexibility index (Phi) is 4.12. The second-order valence-electron chi connectivity index (χ2n) is 4.43. The molecule has 0 fully saturated rings. The van der Waals surface area contributed by atoms with Crippen LogP contribution in [0, 0.1) is 0 Å². The standard InChI is InChI=1S/C16H10Br2O3/c17-10-5-6-16(13(18)7-10)21-9-14(19)12-8-20-15-4-2-1-3-11(12)15/h1-8H,9H2. The highest BCUT2D eigenvalue weighted by Crippen LogP contribution is 2.28. The fourth-order valence-corrected chi connectivity index (χ4v) is 3.17. The SMILES string of the molecule is O=C(COc1ccc(Br)cc1Br)c1coc2ccccc12. The Morgan fingerprint density at radius 3 is 2.76 bits per heavy atom. The van der Waals surface area contributed by atoms with Crippen molar-refractivity contribution in [2.75, 3.05) is 6.61 Å². The van der Waals surface area contributed by atoms with Crippen molar-refractivity contribution in [1.29, 1.82) is 0 Å². The number of Topliss-reactive ketones (excluding diaryl/α,β-unsaturated/α-hetero) is 1. The number of fused-ring (bicyclic) bond motifs is 1. The number of ether oxygens (including phenoxy) is 1. The largest absolute Gasteiger partial charge is 0.484 e. The van der Waals surface area contributed by atoms with Gasteiger partial charge in [-0.2, -0.15) is 0 Å². The number of carbonyl (C=O) groups excluding carboxylic acids is 1. The molecule has 0 spiro atoms. The van der Waals surface area contributed by atoms with Crippen molar-refractivity contribution in [1.82, 2.24) is 0 Å². The molecule has 3 rings (SSSR count). The van der Waals surface area contributed by atoms with E-state index in [-0.39, 0.29) is 12.4 Å². The van der Waals surface area contributed by atoms with E-state index in [1.807, 2.05) is 36.4 Å². The Morgan fingerprint density at radius 1 is 1.14 bits per heavy atom. The molecule has 3 nitrogen and oxygen atoms in total. The Hall–Kier alpha value is -1.59. The summed E-state index contributed by atoms with van der Waals surface area (Å²) in [5.74, 6) is 0.508. The maximum atomic E-state index is 12.3. The lowest BCUT2D eigenvalue weighted by molar-refractivity contribution is 0.0922. The van der Waals surface area contributed by atoms with Crippen LogP contribution in [0.4, 0.5) is 0 Å². The molecule has 0 aliphatic rings. The average Bonchev–Trinajstić information content (AvgIpc) is 2.90. The van der Waals surface area contributed by atoms with Gasteiger partial charge in [-0.15, -0.1) is 0 Å². The fourth-order valence-electron chi connectivity index (χ4n) is 2.01. The van der Waals surface area contributed by atoms with Crippen LogP contribution in [-0.4, -0.2) is 12.4 Å². The third-order valence-electron chi connectivity index (χ3n) is 3.03. The number of furan rings is 1. The minimum Gasteiger partial charge on any atom is -0.484 e. The molecule has 0 unspecified atom stereocenters. The Labute approximate surface area is 138 Å². The predicted octanol–water partition coefficient (Wildman–Crippen LogP) is 5.22. The van der Waals surface area contributed by atoms with Crippen LogP contribution in [-0.2, 0) is 0 Å². The second kappa shape index (κ2) is 6.03. The monoisotopic (exact) mass is 408 g/mol. The molecule has 1 heterocycles. The molecule has 0 aliphatic carbocycles. The molecular formula is C16H10Br2O3. The summed E-state index contributed by atoms with van der Waals surface area (Å²) in [6, 6.07) is 13.0. The van der Waals surface area contributed by atoms with Gasteiger partial charge in [0.25, 0.3) is 0 Å². The zero-order chi connectivity index (χ0) is 14.8. The molecule has 21 heavy (non-hydrogen) atoms. The van der Waals surface area contributed by atoms with Crippen LogP contribution in [0.5, 0.6) is 5.75 Å². The van der Waals surface area contributed by atoms with Crippen LogP contribution in [0.2, 0.25) is 0 Å². The highest BCUT2D eigenvalue weighted by Gasteiger charge is 2.14. The van der Waals surface area contributed by atoms with Gasteiger partial charge in [0.2, 0.25) is 5.78 Å². The van der Waals surface area contributed by atoms with Gasteiger partial charge in [-0.1, -0.05) is 34.1 Å². The van der Waals surface area contributed by atoms with Crippen molar-refractivity contribution in [2.45, 2.75) is 0 Å². The highest BCUT2D eigenvalue weighted by atomic mass is 79.9. The number of hydrogen-bond donors (Lipinski definition) is 0. The summed E-state index contributed by atoms with van der Waals surface area (Å²) >= 11 is 6.77. The molecular weight excluding hydrogens is 400 g/mol. The normalized spacial score (nSPS) is 10.8. The summed E-state index contributed by atoms with van der Waals surface area (Å²) < 4.78 is 12.7. The minimum absolute atomic E-state index is 0.0379. The first kappa shape index (κ1) is 14.4. The van der Waals surface area contributed by atoms with E-state index in [0.717, 1.165) is 14.3 Å². The molecule has 3 aromatic rings. The van der Waals surface area contributed by atoms with E-state index in [9.17, 15) is 4.79 Å². The summed E-state index contributed by atoms with van der Waals surface area (Å²) in [5.41, 5.74) is 1.24. The number of halogens is 2.